The van der Waals surface area contributed by atoms with E-state index in [2.05, 4.69) is 32.9 Å². The van der Waals surface area contributed by atoms with Crippen molar-refractivity contribution in [3.8, 4) is 0 Å². The van der Waals surface area contributed by atoms with E-state index >= 15 is 0 Å². The van der Waals surface area contributed by atoms with E-state index < -0.39 is 0 Å². The Kier molecular flexibility index (Phi) is 3.43. The van der Waals surface area contributed by atoms with Gasteiger partial charge in [0.2, 0.25) is 0 Å². The number of hydrogen-bond acceptors (Lipinski definition) is 3. The van der Waals surface area contributed by atoms with E-state index in [4.69, 9.17) is 4.42 Å². The Bertz CT molecular complexity index is 795. The van der Waals surface area contributed by atoms with E-state index in [1.807, 2.05) is 25.1 Å². The number of anilines is 1. The van der Waals surface area contributed by atoms with Crippen LogP contribution in [0.1, 0.15) is 15.9 Å². The molecule has 0 aliphatic carbocycles. The third-order valence-corrected chi connectivity index (χ3v) is 3.70. The highest BCUT2D eigenvalue weighted by molar-refractivity contribution is 14.1. The highest BCUT2D eigenvalue weighted by atomic mass is 127. The largest absolute Gasteiger partial charge is 0.443 e. The Morgan fingerprint density at radius 2 is 2.10 bits per heavy atom. The molecule has 0 bridgehead atoms. The quantitative estimate of drug-likeness (QED) is 0.686. The normalized spacial score (nSPS) is 10.7. The van der Waals surface area contributed by atoms with Gasteiger partial charge in [0.15, 0.2) is 12.0 Å². The van der Waals surface area contributed by atoms with Gasteiger partial charge in [-0.25, -0.2) is 4.98 Å². The molecule has 4 nitrogen and oxygen atoms in total. The fraction of sp³-hybridized carbons (Fsp3) is 0.0667. The molecule has 3 aromatic rings. The van der Waals surface area contributed by atoms with Crippen molar-refractivity contribution in [1.29, 1.82) is 0 Å². The number of halogens is 1. The van der Waals surface area contributed by atoms with Gasteiger partial charge in [0.05, 0.1) is 0 Å². The van der Waals surface area contributed by atoms with Crippen LogP contribution in [0, 0.1) is 10.5 Å². The van der Waals surface area contributed by atoms with Gasteiger partial charge in [0, 0.05) is 14.8 Å². The highest BCUT2D eigenvalue weighted by Crippen LogP contribution is 2.20. The third-order valence-electron chi connectivity index (χ3n) is 3.03. The first kappa shape index (κ1) is 13.1. The number of benzene rings is 2. The molecule has 0 aliphatic heterocycles. The molecule has 0 fully saturated rings. The van der Waals surface area contributed by atoms with Gasteiger partial charge in [-0.15, -0.1) is 0 Å². The maximum atomic E-state index is 12.2. The van der Waals surface area contributed by atoms with Gasteiger partial charge in [-0.1, -0.05) is 0 Å². The van der Waals surface area contributed by atoms with Crippen molar-refractivity contribution in [3.63, 3.8) is 0 Å². The summed E-state index contributed by atoms with van der Waals surface area (Å²) < 4.78 is 6.30. The molecule has 0 atom stereocenters. The number of hydrogen-bond donors (Lipinski definition) is 1. The van der Waals surface area contributed by atoms with Crippen LogP contribution in [0.5, 0.6) is 0 Å². The lowest BCUT2D eigenvalue weighted by Gasteiger charge is -2.08. The lowest BCUT2D eigenvalue weighted by Crippen LogP contribution is -2.12. The second-order valence-electron chi connectivity index (χ2n) is 4.45. The number of fused-ring (bicyclic) bond motifs is 1. The van der Waals surface area contributed by atoms with Crippen molar-refractivity contribution < 1.29 is 9.21 Å². The molecule has 0 saturated heterocycles. The van der Waals surface area contributed by atoms with Crippen molar-refractivity contribution in [2.24, 2.45) is 0 Å². The molecule has 0 unspecified atom stereocenters. The lowest BCUT2D eigenvalue weighted by molar-refractivity contribution is 0.102. The molecule has 100 valence electrons. The fourth-order valence-electron chi connectivity index (χ4n) is 1.96. The number of nitrogens with zero attached hydrogens (tertiary/aromatic N) is 1. The fourth-order valence-corrected chi connectivity index (χ4v) is 2.61. The summed E-state index contributed by atoms with van der Waals surface area (Å²) in [5.74, 6) is -0.154. The molecule has 0 spiro atoms. The van der Waals surface area contributed by atoms with Gasteiger partial charge < -0.3 is 9.73 Å². The average Bonchev–Trinajstić information content (AvgIpc) is 2.89. The first-order chi connectivity index (χ1) is 9.63. The molecule has 1 aromatic heterocycles. The number of aryl methyl sites for hydroxylation is 1. The summed E-state index contributed by atoms with van der Waals surface area (Å²) in [6.45, 7) is 1.97. The zero-order valence-corrected chi connectivity index (χ0v) is 12.8. The number of carbonyl (C=O) groups excluding carboxylic acids is 1. The SMILES string of the molecule is Cc1cc(I)ccc1NC(=O)c1ccc2ocnc2c1. The first-order valence-electron chi connectivity index (χ1n) is 6.04. The highest BCUT2D eigenvalue weighted by Gasteiger charge is 2.10. The predicted molar refractivity (Wildman–Crippen MR) is 85.9 cm³/mol. The van der Waals surface area contributed by atoms with Gasteiger partial charge >= 0.3 is 0 Å². The average molecular weight is 378 g/mol. The summed E-state index contributed by atoms with van der Waals surface area (Å²) in [6.07, 6.45) is 1.37. The first-order valence-corrected chi connectivity index (χ1v) is 7.12. The molecular formula is C15H11IN2O2. The number of rotatable bonds is 2. The molecule has 0 saturated carbocycles. The summed E-state index contributed by atoms with van der Waals surface area (Å²) in [6, 6.07) is 11.1. The van der Waals surface area contributed by atoms with Crippen LogP contribution < -0.4 is 5.32 Å². The van der Waals surface area contributed by atoms with Gasteiger partial charge in [-0.05, 0) is 71.5 Å². The predicted octanol–water partition coefficient (Wildman–Crippen LogP) is 3.99. The monoisotopic (exact) mass is 378 g/mol. The molecule has 1 N–H and O–H groups in total. The van der Waals surface area contributed by atoms with Gasteiger partial charge in [-0.2, -0.15) is 0 Å². The zero-order chi connectivity index (χ0) is 14.1. The van der Waals surface area contributed by atoms with Crippen LogP contribution in [0.25, 0.3) is 11.1 Å². The summed E-state index contributed by atoms with van der Waals surface area (Å²) in [5.41, 5.74) is 3.76. The number of oxazole rings is 1. The van der Waals surface area contributed by atoms with Crippen LogP contribution in [-0.4, -0.2) is 10.9 Å². The van der Waals surface area contributed by atoms with E-state index in [1.165, 1.54) is 6.39 Å². The van der Waals surface area contributed by atoms with Crippen LogP contribution in [-0.2, 0) is 0 Å². The molecular weight excluding hydrogens is 367 g/mol. The van der Waals surface area contributed by atoms with Crippen molar-refractivity contribution in [1.82, 2.24) is 4.98 Å². The molecule has 1 heterocycles. The molecule has 5 heteroatoms. The zero-order valence-electron chi connectivity index (χ0n) is 10.7. The summed E-state index contributed by atoms with van der Waals surface area (Å²) in [7, 11) is 0. The van der Waals surface area contributed by atoms with Crippen LogP contribution in [0.15, 0.2) is 47.2 Å². The van der Waals surface area contributed by atoms with Gasteiger partial charge in [0.1, 0.15) is 5.52 Å². The van der Waals surface area contributed by atoms with Crippen molar-refractivity contribution in [2.75, 3.05) is 5.32 Å². The van der Waals surface area contributed by atoms with E-state index in [1.54, 1.807) is 18.2 Å². The Balaban J connectivity index is 1.88. The van der Waals surface area contributed by atoms with Gasteiger partial charge in [-0.3, -0.25) is 4.79 Å². The van der Waals surface area contributed by atoms with E-state index in [9.17, 15) is 4.79 Å². The van der Waals surface area contributed by atoms with E-state index in [0.29, 0.717) is 16.7 Å². The molecule has 2 aromatic carbocycles. The Morgan fingerprint density at radius 3 is 2.90 bits per heavy atom. The number of carbonyl (C=O) groups is 1. The molecule has 1 amide bonds. The molecule has 0 aliphatic rings. The summed E-state index contributed by atoms with van der Waals surface area (Å²) in [5, 5.41) is 2.91. The van der Waals surface area contributed by atoms with E-state index in [-0.39, 0.29) is 5.91 Å². The molecule has 3 rings (SSSR count). The van der Waals surface area contributed by atoms with Crippen LogP contribution in [0.4, 0.5) is 5.69 Å². The van der Waals surface area contributed by atoms with E-state index in [0.717, 1.165) is 14.8 Å². The van der Waals surface area contributed by atoms with Crippen molar-refractivity contribution >= 4 is 45.3 Å². The maximum absolute atomic E-state index is 12.2. The second-order valence-corrected chi connectivity index (χ2v) is 5.69. The van der Waals surface area contributed by atoms with Gasteiger partial charge in [0.25, 0.3) is 5.91 Å². The second kappa shape index (κ2) is 5.24. The van der Waals surface area contributed by atoms with Crippen molar-refractivity contribution in [3.05, 3.63) is 57.5 Å². The smallest absolute Gasteiger partial charge is 0.255 e. The Labute approximate surface area is 129 Å². The number of aromatic nitrogens is 1. The minimum absolute atomic E-state index is 0.154. The number of amides is 1. The lowest BCUT2D eigenvalue weighted by atomic mass is 10.1. The third kappa shape index (κ3) is 2.53. The molecule has 0 radical (unpaired) electrons. The Morgan fingerprint density at radius 1 is 1.25 bits per heavy atom. The summed E-state index contributed by atoms with van der Waals surface area (Å²) in [4.78, 5) is 16.3. The van der Waals surface area contributed by atoms with Crippen molar-refractivity contribution in [2.45, 2.75) is 6.92 Å². The minimum atomic E-state index is -0.154. The minimum Gasteiger partial charge on any atom is -0.443 e. The number of nitrogens with one attached hydrogen (secondary N) is 1. The summed E-state index contributed by atoms with van der Waals surface area (Å²) >= 11 is 2.24. The Hall–Kier alpha value is -1.89. The topological polar surface area (TPSA) is 55.1 Å². The molecule has 20 heavy (non-hydrogen) atoms. The van der Waals surface area contributed by atoms with Crippen LogP contribution >= 0.6 is 22.6 Å². The van der Waals surface area contributed by atoms with Crippen LogP contribution in [0.3, 0.4) is 0 Å². The standard InChI is InChI=1S/C15H11IN2O2/c1-9-6-11(16)3-4-12(9)18-15(19)10-2-5-14-13(7-10)17-8-20-14/h2-8H,1H3,(H,18,19). The van der Waals surface area contributed by atoms with Crippen LogP contribution in [0.2, 0.25) is 0 Å². The maximum Gasteiger partial charge on any atom is 0.255 e.